The Kier molecular flexibility index (Phi) is 8.48. The van der Waals surface area contributed by atoms with E-state index in [0.717, 1.165) is 12.5 Å². The summed E-state index contributed by atoms with van der Waals surface area (Å²) >= 11 is 5.72. The van der Waals surface area contributed by atoms with Gasteiger partial charge in [-0.3, -0.25) is 9.59 Å². The van der Waals surface area contributed by atoms with Gasteiger partial charge in [0.25, 0.3) is 5.91 Å². The fourth-order valence-corrected chi connectivity index (χ4v) is 6.26. The first-order valence-electron chi connectivity index (χ1n) is 14.6. The molecule has 1 saturated carbocycles. The Morgan fingerprint density at radius 1 is 1.07 bits per heavy atom. The van der Waals surface area contributed by atoms with Crippen LogP contribution in [0, 0.1) is 11.3 Å². The van der Waals surface area contributed by atoms with Gasteiger partial charge in [0.15, 0.2) is 11.5 Å². The van der Waals surface area contributed by atoms with Crippen LogP contribution in [0.5, 0.6) is 0 Å². The van der Waals surface area contributed by atoms with Gasteiger partial charge in [0.05, 0.1) is 5.56 Å². The molecule has 0 atom stereocenters. The molecule has 2 fully saturated rings. The highest BCUT2D eigenvalue weighted by atomic mass is 32.1. The molecule has 2 amide bonds. The van der Waals surface area contributed by atoms with E-state index in [2.05, 4.69) is 4.98 Å². The molecule has 0 bridgehead atoms. The molecule has 0 unspecified atom stereocenters. The van der Waals surface area contributed by atoms with Gasteiger partial charge in [0, 0.05) is 55.6 Å². The largest absolute Gasteiger partial charge is 0.444 e. The van der Waals surface area contributed by atoms with Gasteiger partial charge >= 0.3 is 12.3 Å². The first-order chi connectivity index (χ1) is 21.1. The van der Waals surface area contributed by atoms with Crippen LogP contribution in [0.3, 0.4) is 0 Å². The lowest BCUT2D eigenvalue weighted by atomic mass is 9.68. The molecule has 45 heavy (non-hydrogen) atoms. The number of pyridine rings is 1. The number of carbonyl (C=O) groups is 3. The smallest absolute Gasteiger partial charge is 0.419 e. The standard InChI is InChI=1S/C32H32F3N5O4S/c1-30(2,3)44-29(43)39-13-11-38(12-14-39)28(42)21-5-7-23(8-6-21)40-26(45)17-22(27(41)31(40)9-4-10-31)15-20-16-24(32(33,34)35)25(18-36)37-19-20/h5-8,16-17,19H,4,9-15H2,1-3H3. The van der Waals surface area contributed by atoms with Gasteiger partial charge in [-0.2, -0.15) is 18.4 Å². The summed E-state index contributed by atoms with van der Waals surface area (Å²) in [5.74, 6) is -0.402. The zero-order valence-electron chi connectivity index (χ0n) is 25.1. The molecule has 1 spiro atoms. The maximum Gasteiger partial charge on any atom is 0.419 e. The number of nitrogens with zero attached hydrogens (tertiary/aromatic N) is 5. The van der Waals surface area contributed by atoms with Crippen molar-refractivity contribution in [3.8, 4) is 6.07 Å². The minimum Gasteiger partial charge on any atom is -0.444 e. The van der Waals surface area contributed by atoms with Gasteiger partial charge < -0.3 is 19.4 Å². The van der Waals surface area contributed by atoms with E-state index in [4.69, 9.17) is 22.2 Å². The second kappa shape index (κ2) is 11.9. The number of ketones is 1. The number of hydrogen-bond donors (Lipinski definition) is 0. The van der Waals surface area contributed by atoms with E-state index in [-0.39, 0.29) is 29.2 Å². The molecule has 5 rings (SSSR count). The highest BCUT2D eigenvalue weighted by Gasteiger charge is 2.53. The first kappa shape index (κ1) is 32.1. The molecule has 236 valence electrons. The third-order valence-electron chi connectivity index (χ3n) is 8.18. The van der Waals surface area contributed by atoms with Crippen molar-refractivity contribution in [3.63, 3.8) is 0 Å². The number of halogens is 3. The van der Waals surface area contributed by atoms with Gasteiger partial charge in [0.2, 0.25) is 0 Å². The predicted molar refractivity (Wildman–Crippen MR) is 163 cm³/mol. The zero-order chi connectivity index (χ0) is 32.7. The molecule has 1 aliphatic carbocycles. The Morgan fingerprint density at radius 3 is 2.22 bits per heavy atom. The number of benzene rings is 1. The van der Waals surface area contributed by atoms with Crippen LogP contribution in [-0.4, -0.2) is 74.9 Å². The van der Waals surface area contributed by atoms with E-state index in [0.29, 0.717) is 55.3 Å². The van der Waals surface area contributed by atoms with Crippen molar-refractivity contribution in [2.45, 2.75) is 63.8 Å². The van der Waals surface area contributed by atoms with Crippen molar-refractivity contribution >= 4 is 40.7 Å². The van der Waals surface area contributed by atoms with Crippen LogP contribution in [-0.2, 0) is 22.1 Å². The van der Waals surface area contributed by atoms with Crippen molar-refractivity contribution < 1.29 is 32.3 Å². The summed E-state index contributed by atoms with van der Waals surface area (Å²) in [5, 5.41) is 9.05. The molecule has 1 aromatic carbocycles. The number of alkyl halides is 3. The van der Waals surface area contributed by atoms with E-state index in [1.165, 1.54) is 18.3 Å². The van der Waals surface area contributed by atoms with E-state index >= 15 is 0 Å². The van der Waals surface area contributed by atoms with Crippen molar-refractivity contribution in [2.24, 2.45) is 0 Å². The quantitative estimate of drug-likeness (QED) is 0.406. The van der Waals surface area contributed by atoms with Crippen LogP contribution in [0.15, 0.2) is 48.2 Å². The minimum absolute atomic E-state index is 0.106. The molecular weight excluding hydrogens is 607 g/mol. The molecule has 2 aliphatic heterocycles. The Balaban J connectivity index is 1.31. The number of ether oxygens (including phenoxy) is 1. The number of rotatable bonds is 4. The summed E-state index contributed by atoms with van der Waals surface area (Å²) < 4.78 is 45.9. The number of nitriles is 1. The number of carbonyl (C=O) groups excluding carboxylic acids is 3. The van der Waals surface area contributed by atoms with E-state index < -0.39 is 34.7 Å². The lowest BCUT2D eigenvalue weighted by Crippen LogP contribution is -2.63. The first-order valence-corrected chi connectivity index (χ1v) is 15.0. The summed E-state index contributed by atoms with van der Waals surface area (Å²) in [6.07, 6.45) is -0.772. The third kappa shape index (κ3) is 6.42. The molecule has 13 heteroatoms. The molecular formula is C32H32F3N5O4S. The van der Waals surface area contributed by atoms with Gasteiger partial charge in [-0.15, -0.1) is 0 Å². The summed E-state index contributed by atoms with van der Waals surface area (Å²) in [6, 6.07) is 9.15. The summed E-state index contributed by atoms with van der Waals surface area (Å²) in [7, 11) is 0. The molecule has 9 nitrogen and oxygen atoms in total. The second-order valence-electron chi connectivity index (χ2n) is 12.4. The van der Waals surface area contributed by atoms with Crippen molar-refractivity contribution in [1.29, 1.82) is 5.26 Å². The minimum atomic E-state index is -4.76. The Labute approximate surface area is 264 Å². The van der Waals surface area contributed by atoms with Crippen LogP contribution < -0.4 is 4.90 Å². The van der Waals surface area contributed by atoms with E-state index in [1.807, 2.05) is 0 Å². The van der Waals surface area contributed by atoms with Gasteiger partial charge in [-0.25, -0.2) is 9.78 Å². The SMILES string of the molecule is CC(C)(C)OC(=O)N1CCN(C(=O)c2ccc(N3C(=S)C=C(Cc4cnc(C#N)c(C(F)(F)F)c4)C(=O)C34CCC4)cc2)CC1. The molecule has 1 aromatic heterocycles. The monoisotopic (exact) mass is 639 g/mol. The Hall–Kier alpha value is -4.31. The molecule has 0 N–H and O–H groups in total. The van der Waals surface area contributed by atoms with E-state index in [9.17, 15) is 27.6 Å². The molecule has 3 heterocycles. The molecule has 2 aromatic rings. The topological polar surface area (TPSA) is 107 Å². The van der Waals surface area contributed by atoms with Crippen LogP contribution >= 0.6 is 12.2 Å². The summed E-state index contributed by atoms with van der Waals surface area (Å²) in [6.45, 7) is 6.84. The number of anilines is 1. The van der Waals surface area contributed by atoms with Crippen molar-refractivity contribution in [1.82, 2.24) is 14.8 Å². The maximum atomic E-state index is 13.8. The average molecular weight is 640 g/mol. The van der Waals surface area contributed by atoms with Crippen LogP contribution in [0.25, 0.3) is 0 Å². The second-order valence-corrected chi connectivity index (χ2v) is 12.8. The number of amides is 2. The third-order valence-corrected chi connectivity index (χ3v) is 8.48. The van der Waals surface area contributed by atoms with Crippen LogP contribution in [0.4, 0.5) is 23.7 Å². The summed E-state index contributed by atoms with van der Waals surface area (Å²) in [5.41, 5.74) is -1.91. The predicted octanol–water partition coefficient (Wildman–Crippen LogP) is 5.47. The molecule has 0 radical (unpaired) electrons. The Morgan fingerprint density at radius 2 is 1.69 bits per heavy atom. The Bertz CT molecular complexity index is 1610. The fourth-order valence-electron chi connectivity index (χ4n) is 5.84. The molecule has 3 aliphatic rings. The number of piperazine rings is 1. The normalized spacial score (nSPS) is 18.3. The van der Waals surface area contributed by atoms with Gasteiger partial charge in [-0.05, 0) is 82.0 Å². The van der Waals surface area contributed by atoms with Crippen LogP contribution in [0.2, 0.25) is 0 Å². The highest BCUT2D eigenvalue weighted by Crippen LogP contribution is 2.46. The van der Waals surface area contributed by atoms with E-state index in [1.54, 1.807) is 59.7 Å². The number of aromatic nitrogens is 1. The number of Topliss-reactive ketones (excluding diaryl/α,β-unsaturated/α-hetero) is 1. The van der Waals surface area contributed by atoms with Gasteiger partial charge in [-0.1, -0.05) is 12.2 Å². The lowest BCUT2D eigenvalue weighted by molar-refractivity contribution is -0.138. The number of thiocarbonyl (C=S) groups is 1. The number of hydrogen-bond acceptors (Lipinski definition) is 7. The molecule has 1 saturated heterocycles. The van der Waals surface area contributed by atoms with Crippen molar-refractivity contribution in [3.05, 3.63) is 70.6 Å². The zero-order valence-corrected chi connectivity index (χ0v) is 25.9. The highest BCUT2D eigenvalue weighted by molar-refractivity contribution is 7.81. The van der Waals surface area contributed by atoms with Crippen molar-refractivity contribution in [2.75, 3.05) is 31.1 Å². The fraction of sp³-hybridized carbons (Fsp3) is 0.438. The van der Waals surface area contributed by atoms with Crippen LogP contribution in [0.1, 0.15) is 67.2 Å². The maximum absolute atomic E-state index is 13.8. The van der Waals surface area contributed by atoms with Gasteiger partial charge in [0.1, 0.15) is 22.2 Å². The average Bonchev–Trinajstić information content (AvgIpc) is 2.96. The lowest BCUT2D eigenvalue weighted by Gasteiger charge is -2.52. The summed E-state index contributed by atoms with van der Waals surface area (Å²) in [4.78, 5) is 48.5.